The summed E-state index contributed by atoms with van der Waals surface area (Å²) in [6.07, 6.45) is 0.887. The van der Waals surface area contributed by atoms with Crippen LogP contribution in [0.1, 0.15) is 30.5 Å². The molecule has 0 fully saturated rings. The average Bonchev–Trinajstić information content (AvgIpc) is 2.42. The number of benzene rings is 2. The molecule has 2 aromatic rings. The minimum Gasteiger partial charge on any atom is -0.306 e. The van der Waals surface area contributed by atoms with Gasteiger partial charge in [-0.2, -0.15) is 0 Å². The Balaban J connectivity index is 2.47. The predicted molar refractivity (Wildman–Crippen MR) is 77.9 cm³/mol. The molecule has 0 bridgehead atoms. The summed E-state index contributed by atoms with van der Waals surface area (Å²) < 4.78 is 27.5. The van der Waals surface area contributed by atoms with E-state index < -0.39 is 11.9 Å². The lowest BCUT2D eigenvalue weighted by Gasteiger charge is -2.21. The highest BCUT2D eigenvalue weighted by Crippen LogP contribution is 2.30. The summed E-state index contributed by atoms with van der Waals surface area (Å²) in [6.45, 7) is 2.70. The minimum absolute atomic E-state index is 0.336. The van der Waals surface area contributed by atoms with Crippen LogP contribution >= 0.6 is 11.6 Å². The number of hydrogen-bond acceptors (Lipinski definition) is 1. The molecule has 0 saturated carbocycles. The van der Waals surface area contributed by atoms with Crippen LogP contribution in [0.4, 0.5) is 8.78 Å². The summed E-state index contributed by atoms with van der Waals surface area (Å²) in [4.78, 5) is 0. The van der Waals surface area contributed by atoms with Gasteiger partial charge in [0.05, 0.1) is 6.04 Å². The third-order valence-electron chi connectivity index (χ3n) is 3.07. The molecule has 1 nitrogen and oxygen atoms in total. The van der Waals surface area contributed by atoms with Gasteiger partial charge >= 0.3 is 0 Å². The molecule has 0 aromatic heterocycles. The Morgan fingerprint density at radius 3 is 2.55 bits per heavy atom. The zero-order chi connectivity index (χ0) is 14.5. The van der Waals surface area contributed by atoms with Crippen molar-refractivity contribution in [2.45, 2.75) is 19.4 Å². The highest BCUT2D eigenvalue weighted by molar-refractivity contribution is 6.31. The fourth-order valence-electron chi connectivity index (χ4n) is 2.15. The lowest BCUT2D eigenvalue weighted by Crippen LogP contribution is -2.24. The SMILES string of the molecule is CCCNC(c1cccc(F)c1)c1c(F)cccc1Cl. The molecule has 0 aliphatic carbocycles. The Hall–Kier alpha value is -1.45. The van der Waals surface area contributed by atoms with Crippen LogP contribution in [-0.4, -0.2) is 6.54 Å². The smallest absolute Gasteiger partial charge is 0.129 e. The Kier molecular flexibility index (Phi) is 5.10. The standard InChI is InChI=1S/C16H16ClF2N/c1-2-9-20-16(11-5-3-6-12(18)10-11)15-13(17)7-4-8-14(15)19/h3-8,10,16,20H,2,9H2,1H3. The van der Waals surface area contributed by atoms with Crippen LogP contribution in [0.2, 0.25) is 5.02 Å². The van der Waals surface area contributed by atoms with Crippen molar-refractivity contribution in [3.05, 3.63) is 70.2 Å². The molecule has 106 valence electrons. The molecule has 0 heterocycles. The maximum absolute atomic E-state index is 14.1. The first kappa shape index (κ1) is 14.9. The van der Waals surface area contributed by atoms with Gasteiger partial charge in [-0.05, 0) is 42.8 Å². The fraction of sp³-hybridized carbons (Fsp3) is 0.250. The number of halogens is 3. The lowest BCUT2D eigenvalue weighted by atomic mass is 9.97. The van der Waals surface area contributed by atoms with Crippen LogP contribution in [-0.2, 0) is 0 Å². The topological polar surface area (TPSA) is 12.0 Å². The van der Waals surface area contributed by atoms with Crippen molar-refractivity contribution in [1.29, 1.82) is 0 Å². The summed E-state index contributed by atoms with van der Waals surface area (Å²) in [5, 5.41) is 3.56. The molecule has 1 N–H and O–H groups in total. The molecule has 0 aliphatic heterocycles. The second-order valence-corrected chi connectivity index (χ2v) is 4.98. The Morgan fingerprint density at radius 2 is 1.90 bits per heavy atom. The van der Waals surface area contributed by atoms with E-state index >= 15 is 0 Å². The van der Waals surface area contributed by atoms with E-state index in [1.807, 2.05) is 6.92 Å². The van der Waals surface area contributed by atoms with Crippen molar-refractivity contribution in [2.24, 2.45) is 0 Å². The van der Waals surface area contributed by atoms with Crippen LogP contribution in [0.15, 0.2) is 42.5 Å². The summed E-state index contributed by atoms with van der Waals surface area (Å²) in [5.41, 5.74) is 1.01. The minimum atomic E-state index is -0.459. The monoisotopic (exact) mass is 295 g/mol. The first-order valence-electron chi connectivity index (χ1n) is 6.56. The van der Waals surface area contributed by atoms with Gasteiger partial charge in [-0.25, -0.2) is 8.78 Å². The van der Waals surface area contributed by atoms with Gasteiger partial charge in [-0.1, -0.05) is 36.7 Å². The predicted octanol–water partition coefficient (Wildman–Crippen LogP) is 4.71. The van der Waals surface area contributed by atoms with Crippen LogP contribution in [0.3, 0.4) is 0 Å². The number of nitrogens with one attached hydrogen (secondary N) is 1. The largest absolute Gasteiger partial charge is 0.306 e. The van der Waals surface area contributed by atoms with Crippen molar-refractivity contribution in [3.8, 4) is 0 Å². The molecular weight excluding hydrogens is 280 g/mol. The van der Waals surface area contributed by atoms with E-state index in [9.17, 15) is 8.78 Å². The zero-order valence-corrected chi connectivity index (χ0v) is 11.9. The van der Waals surface area contributed by atoms with Crippen molar-refractivity contribution in [1.82, 2.24) is 5.32 Å². The van der Waals surface area contributed by atoms with E-state index in [1.165, 1.54) is 18.2 Å². The molecule has 4 heteroatoms. The molecule has 0 aliphatic rings. The molecule has 2 aromatic carbocycles. The van der Waals surface area contributed by atoms with Crippen molar-refractivity contribution in [2.75, 3.05) is 6.54 Å². The zero-order valence-electron chi connectivity index (χ0n) is 11.2. The highest BCUT2D eigenvalue weighted by Gasteiger charge is 2.20. The van der Waals surface area contributed by atoms with E-state index in [1.54, 1.807) is 24.3 Å². The maximum Gasteiger partial charge on any atom is 0.129 e. The number of rotatable bonds is 5. The van der Waals surface area contributed by atoms with Gasteiger partial charge in [0.1, 0.15) is 11.6 Å². The molecule has 1 unspecified atom stereocenters. The molecule has 1 atom stereocenters. The lowest BCUT2D eigenvalue weighted by molar-refractivity contribution is 0.543. The summed E-state index contributed by atoms with van der Waals surface area (Å²) >= 11 is 6.12. The molecule has 0 radical (unpaired) electrons. The third kappa shape index (κ3) is 3.35. The molecule has 0 amide bonds. The molecule has 2 rings (SSSR count). The quantitative estimate of drug-likeness (QED) is 0.842. The Bertz CT molecular complexity index is 566. The average molecular weight is 296 g/mol. The molecule has 0 saturated heterocycles. The van der Waals surface area contributed by atoms with Gasteiger partial charge in [0.15, 0.2) is 0 Å². The van der Waals surface area contributed by atoms with Crippen LogP contribution in [0.5, 0.6) is 0 Å². The van der Waals surface area contributed by atoms with Crippen LogP contribution in [0, 0.1) is 11.6 Å². The van der Waals surface area contributed by atoms with E-state index in [-0.39, 0.29) is 5.82 Å². The second-order valence-electron chi connectivity index (χ2n) is 4.58. The van der Waals surface area contributed by atoms with Crippen LogP contribution in [0.25, 0.3) is 0 Å². The van der Waals surface area contributed by atoms with Crippen molar-refractivity contribution < 1.29 is 8.78 Å². The van der Waals surface area contributed by atoms with Gasteiger partial charge in [0, 0.05) is 10.6 Å². The second kappa shape index (κ2) is 6.82. The molecule has 20 heavy (non-hydrogen) atoms. The van der Waals surface area contributed by atoms with E-state index in [0.717, 1.165) is 6.42 Å². The maximum atomic E-state index is 14.1. The van der Waals surface area contributed by atoms with Gasteiger partial charge in [-0.15, -0.1) is 0 Å². The van der Waals surface area contributed by atoms with Gasteiger partial charge in [-0.3, -0.25) is 0 Å². The normalized spacial score (nSPS) is 12.4. The third-order valence-corrected chi connectivity index (χ3v) is 3.40. The summed E-state index contributed by atoms with van der Waals surface area (Å²) in [7, 11) is 0. The highest BCUT2D eigenvalue weighted by atomic mass is 35.5. The van der Waals surface area contributed by atoms with Crippen molar-refractivity contribution in [3.63, 3.8) is 0 Å². The van der Waals surface area contributed by atoms with E-state index in [4.69, 9.17) is 11.6 Å². The first-order chi connectivity index (χ1) is 9.63. The summed E-state index contributed by atoms with van der Waals surface area (Å²) in [5.74, 6) is -0.742. The Morgan fingerprint density at radius 1 is 1.15 bits per heavy atom. The van der Waals surface area contributed by atoms with Gasteiger partial charge in [0.2, 0.25) is 0 Å². The Labute approximate surface area is 122 Å². The van der Waals surface area contributed by atoms with E-state index in [0.29, 0.717) is 22.7 Å². The molecular formula is C16H16ClF2N. The van der Waals surface area contributed by atoms with Gasteiger partial charge < -0.3 is 5.32 Å². The fourth-order valence-corrected chi connectivity index (χ4v) is 2.42. The molecule has 0 spiro atoms. The van der Waals surface area contributed by atoms with Gasteiger partial charge in [0.25, 0.3) is 0 Å². The number of hydrogen-bond donors (Lipinski definition) is 1. The van der Waals surface area contributed by atoms with Crippen molar-refractivity contribution >= 4 is 11.6 Å². The first-order valence-corrected chi connectivity index (χ1v) is 6.94. The van der Waals surface area contributed by atoms with E-state index in [2.05, 4.69) is 5.32 Å². The summed E-state index contributed by atoms with van der Waals surface area (Å²) in [6, 6.07) is 10.2. The van der Waals surface area contributed by atoms with Crippen LogP contribution < -0.4 is 5.32 Å².